The van der Waals surface area contributed by atoms with Gasteiger partial charge in [-0.25, -0.2) is 8.42 Å². The van der Waals surface area contributed by atoms with Crippen LogP contribution >= 0.6 is 0 Å². The molecule has 0 amide bonds. The molecule has 1 heterocycles. The molecule has 0 N–H and O–H groups in total. The Morgan fingerprint density at radius 1 is 1.04 bits per heavy atom. The zero-order chi connectivity index (χ0) is 20.1. The number of hydrogen-bond donors (Lipinski definition) is 0. The zero-order valence-electron chi connectivity index (χ0n) is 15.8. The fraction of sp³-hybridized carbons (Fsp3) is 0.263. The van der Waals surface area contributed by atoms with E-state index in [1.165, 1.54) is 11.4 Å². The van der Waals surface area contributed by atoms with Gasteiger partial charge in [-0.2, -0.15) is 9.29 Å². The molecule has 0 saturated heterocycles. The predicted octanol–water partition coefficient (Wildman–Crippen LogP) is 2.72. The van der Waals surface area contributed by atoms with Gasteiger partial charge in [-0.15, -0.1) is 0 Å². The molecule has 0 spiro atoms. The summed E-state index contributed by atoms with van der Waals surface area (Å²) < 4.78 is 41.5. The summed E-state index contributed by atoms with van der Waals surface area (Å²) in [6.45, 7) is 0.173. The van der Waals surface area contributed by atoms with Crippen molar-refractivity contribution < 1.29 is 22.4 Å². The van der Waals surface area contributed by atoms with Crippen molar-refractivity contribution in [1.29, 1.82) is 0 Å². The first kappa shape index (κ1) is 19.8. The Balaban J connectivity index is 1.86. The molecular weight excluding hydrogens is 382 g/mol. The standard InChI is InChI=1S/C19H21N3O5S/c1-25-15-9-10-17(26-2)16(11-15)19-20-18(27-21-19)13-22(28(3,23)24)12-14-7-5-4-6-8-14/h4-11H,12-13H2,1-3H3. The molecule has 3 aromatic rings. The predicted molar refractivity (Wildman–Crippen MR) is 103 cm³/mol. The fourth-order valence-corrected chi connectivity index (χ4v) is 3.37. The number of hydrogen-bond acceptors (Lipinski definition) is 7. The summed E-state index contributed by atoms with van der Waals surface area (Å²) in [7, 11) is -0.384. The SMILES string of the molecule is COc1ccc(OC)c(-c2noc(CN(Cc3ccccc3)S(C)(=O)=O)n2)c1. The molecule has 0 fully saturated rings. The van der Waals surface area contributed by atoms with Crippen molar-refractivity contribution in [3.8, 4) is 22.9 Å². The van der Waals surface area contributed by atoms with Gasteiger partial charge in [0.2, 0.25) is 21.7 Å². The van der Waals surface area contributed by atoms with Gasteiger partial charge in [-0.3, -0.25) is 0 Å². The molecule has 8 nitrogen and oxygen atoms in total. The van der Waals surface area contributed by atoms with Crippen LogP contribution in [0.2, 0.25) is 0 Å². The maximum Gasteiger partial charge on any atom is 0.242 e. The van der Waals surface area contributed by atoms with Crippen LogP contribution in [0.4, 0.5) is 0 Å². The van der Waals surface area contributed by atoms with E-state index in [4.69, 9.17) is 14.0 Å². The third kappa shape index (κ3) is 4.68. The third-order valence-corrected chi connectivity index (χ3v) is 5.29. The van der Waals surface area contributed by atoms with E-state index in [-0.39, 0.29) is 19.0 Å². The quantitative estimate of drug-likeness (QED) is 0.571. The van der Waals surface area contributed by atoms with Crippen LogP contribution in [0.5, 0.6) is 11.5 Å². The number of aromatic nitrogens is 2. The monoisotopic (exact) mass is 403 g/mol. The van der Waals surface area contributed by atoms with Gasteiger partial charge in [0.05, 0.1) is 32.6 Å². The second kappa shape index (κ2) is 8.41. The molecule has 0 aliphatic rings. The van der Waals surface area contributed by atoms with Gasteiger partial charge in [0.15, 0.2) is 0 Å². The van der Waals surface area contributed by atoms with Gasteiger partial charge in [-0.1, -0.05) is 35.5 Å². The Morgan fingerprint density at radius 3 is 2.43 bits per heavy atom. The molecule has 0 unspecified atom stereocenters. The molecular formula is C19H21N3O5S. The molecule has 9 heteroatoms. The molecule has 0 saturated carbocycles. The minimum atomic E-state index is -3.48. The van der Waals surface area contributed by atoms with Crippen molar-refractivity contribution in [2.24, 2.45) is 0 Å². The second-order valence-corrected chi connectivity index (χ2v) is 8.08. The second-order valence-electron chi connectivity index (χ2n) is 6.09. The summed E-state index contributed by atoms with van der Waals surface area (Å²) in [6, 6.07) is 14.5. The van der Waals surface area contributed by atoms with E-state index in [9.17, 15) is 8.42 Å². The molecule has 1 aromatic heterocycles. The van der Waals surface area contributed by atoms with E-state index in [1.807, 2.05) is 30.3 Å². The molecule has 148 valence electrons. The molecule has 0 aliphatic heterocycles. The summed E-state index contributed by atoms with van der Waals surface area (Å²) in [5.74, 6) is 1.64. The summed E-state index contributed by atoms with van der Waals surface area (Å²) in [4.78, 5) is 4.34. The molecule has 0 aliphatic carbocycles. The highest BCUT2D eigenvalue weighted by atomic mass is 32.2. The lowest BCUT2D eigenvalue weighted by molar-refractivity contribution is 0.313. The maximum absolute atomic E-state index is 12.2. The number of nitrogens with zero attached hydrogens (tertiary/aromatic N) is 3. The van der Waals surface area contributed by atoms with Crippen molar-refractivity contribution >= 4 is 10.0 Å². The van der Waals surface area contributed by atoms with Crippen molar-refractivity contribution in [1.82, 2.24) is 14.4 Å². The van der Waals surface area contributed by atoms with Crippen LogP contribution in [-0.2, 0) is 23.1 Å². The Hall–Kier alpha value is -2.91. The Morgan fingerprint density at radius 2 is 1.79 bits per heavy atom. The van der Waals surface area contributed by atoms with E-state index < -0.39 is 10.0 Å². The highest BCUT2D eigenvalue weighted by Gasteiger charge is 2.22. The number of methoxy groups -OCH3 is 2. The van der Waals surface area contributed by atoms with E-state index in [0.717, 1.165) is 11.8 Å². The van der Waals surface area contributed by atoms with E-state index in [1.54, 1.807) is 25.3 Å². The van der Waals surface area contributed by atoms with E-state index in [0.29, 0.717) is 22.9 Å². The smallest absolute Gasteiger partial charge is 0.242 e. The molecule has 3 rings (SSSR count). The van der Waals surface area contributed by atoms with Crippen LogP contribution in [0.25, 0.3) is 11.4 Å². The number of ether oxygens (including phenoxy) is 2. The average molecular weight is 403 g/mol. The third-order valence-electron chi connectivity index (χ3n) is 4.10. The summed E-state index contributed by atoms with van der Waals surface area (Å²) in [5, 5.41) is 3.97. The maximum atomic E-state index is 12.2. The lowest BCUT2D eigenvalue weighted by atomic mass is 10.2. The van der Waals surface area contributed by atoms with Crippen molar-refractivity contribution in [2.75, 3.05) is 20.5 Å². The summed E-state index contributed by atoms with van der Waals surface area (Å²) in [6.07, 6.45) is 1.15. The molecule has 0 bridgehead atoms. The van der Waals surface area contributed by atoms with Gasteiger partial charge in [-0.05, 0) is 23.8 Å². The van der Waals surface area contributed by atoms with E-state index in [2.05, 4.69) is 10.1 Å². The van der Waals surface area contributed by atoms with Crippen LogP contribution in [0.3, 0.4) is 0 Å². The van der Waals surface area contributed by atoms with Gasteiger partial charge >= 0.3 is 0 Å². The average Bonchev–Trinajstić information content (AvgIpc) is 3.15. The van der Waals surface area contributed by atoms with Crippen LogP contribution in [0, 0.1) is 0 Å². The minimum absolute atomic E-state index is 0.0347. The van der Waals surface area contributed by atoms with Gasteiger partial charge in [0.25, 0.3) is 0 Å². The summed E-state index contributed by atoms with van der Waals surface area (Å²) >= 11 is 0. The van der Waals surface area contributed by atoms with Crippen molar-refractivity contribution in [3.63, 3.8) is 0 Å². The van der Waals surface area contributed by atoms with Gasteiger partial charge in [0.1, 0.15) is 11.5 Å². The van der Waals surface area contributed by atoms with E-state index >= 15 is 0 Å². The van der Waals surface area contributed by atoms with Crippen LogP contribution < -0.4 is 9.47 Å². The summed E-state index contributed by atoms with van der Waals surface area (Å²) in [5.41, 5.74) is 1.45. The number of sulfonamides is 1. The van der Waals surface area contributed by atoms with Gasteiger partial charge in [0, 0.05) is 6.54 Å². The lowest BCUT2D eigenvalue weighted by Gasteiger charge is -2.17. The van der Waals surface area contributed by atoms with Crippen LogP contribution in [0.1, 0.15) is 11.5 Å². The molecule has 0 atom stereocenters. The number of benzene rings is 2. The first-order valence-electron chi connectivity index (χ1n) is 8.44. The van der Waals surface area contributed by atoms with Crippen LogP contribution in [0.15, 0.2) is 53.1 Å². The van der Waals surface area contributed by atoms with Crippen molar-refractivity contribution in [3.05, 3.63) is 60.0 Å². The van der Waals surface area contributed by atoms with Crippen molar-refractivity contribution in [2.45, 2.75) is 13.1 Å². The van der Waals surface area contributed by atoms with Gasteiger partial charge < -0.3 is 14.0 Å². The molecule has 2 aromatic carbocycles. The van der Waals surface area contributed by atoms with Crippen LogP contribution in [-0.4, -0.2) is 43.3 Å². The first-order valence-corrected chi connectivity index (χ1v) is 10.3. The zero-order valence-corrected chi connectivity index (χ0v) is 16.6. The largest absolute Gasteiger partial charge is 0.497 e. The fourth-order valence-electron chi connectivity index (χ4n) is 2.65. The molecule has 28 heavy (non-hydrogen) atoms. The minimum Gasteiger partial charge on any atom is -0.497 e. The Kier molecular flexibility index (Phi) is 5.96. The normalized spacial score (nSPS) is 11.6. The molecule has 0 radical (unpaired) electrons. The first-order chi connectivity index (χ1) is 13.4. The Labute approximate surface area is 163 Å². The lowest BCUT2D eigenvalue weighted by Crippen LogP contribution is -2.29. The highest BCUT2D eigenvalue weighted by molar-refractivity contribution is 7.88. The highest BCUT2D eigenvalue weighted by Crippen LogP contribution is 2.31. The topological polar surface area (TPSA) is 94.8 Å². The number of rotatable bonds is 8. The Bertz CT molecular complexity index is 1030.